The molecular formula is C11H21NO2. The summed E-state index contributed by atoms with van der Waals surface area (Å²) in [7, 11) is 0. The highest BCUT2D eigenvalue weighted by atomic mass is 16.5. The van der Waals surface area contributed by atoms with Crippen LogP contribution in [0.15, 0.2) is 0 Å². The maximum Gasteiger partial charge on any atom is 0.308 e. The summed E-state index contributed by atoms with van der Waals surface area (Å²) in [5.41, 5.74) is 0. The minimum atomic E-state index is -0.0826. The molecule has 0 bridgehead atoms. The molecule has 0 radical (unpaired) electrons. The van der Waals surface area contributed by atoms with Gasteiger partial charge >= 0.3 is 5.97 Å². The van der Waals surface area contributed by atoms with Gasteiger partial charge in [-0.3, -0.25) is 4.79 Å². The molecule has 0 amide bonds. The van der Waals surface area contributed by atoms with E-state index in [0.29, 0.717) is 12.6 Å². The zero-order valence-electron chi connectivity index (χ0n) is 9.21. The van der Waals surface area contributed by atoms with Crippen molar-refractivity contribution in [3.63, 3.8) is 0 Å². The summed E-state index contributed by atoms with van der Waals surface area (Å²) in [4.78, 5) is 11.1. The maximum atomic E-state index is 11.1. The average Bonchev–Trinajstić information content (AvgIpc) is 2.19. The van der Waals surface area contributed by atoms with Gasteiger partial charge in [0.15, 0.2) is 0 Å². The second-order valence-electron chi connectivity index (χ2n) is 4.26. The fourth-order valence-corrected chi connectivity index (χ4v) is 1.64. The highest BCUT2D eigenvalue weighted by Crippen LogP contribution is 2.10. The maximum absolute atomic E-state index is 11.1. The van der Waals surface area contributed by atoms with Crippen molar-refractivity contribution in [3.05, 3.63) is 0 Å². The van der Waals surface area contributed by atoms with Crippen LogP contribution < -0.4 is 5.32 Å². The fourth-order valence-electron chi connectivity index (χ4n) is 1.64. The van der Waals surface area contributed by atoms with E-state index >= 15 is 0 Å². The summed E-state index contributed by atoms with van der Waals surface area (Å²) in [6.45, 7) is 5.40. The Balaban J connectivity index is 2.05. The SMILES string of the molecule is CC(C)C(=O)OCC[C@H]1CCCCN1. The zero-order valence-corrected chi connectivity index (χ0v) is 9.21. The van der Waals surface area contributed by atoms with E-state index < -0.39 is 0 Å². The Bertz CT molecular complexity index is 174. The Morgan fingerprint density at radius 3 is 2.86 bits per heavy atom. The molecule has 14 heavy (non-hydrogen) atoms. The number of hydrogen-bond acceptors (Lipinski definition) is 3. The minimum absolute atomic E-state index is 0.00526. The summed E-state index contributed by atoms with van der Waals surface area (Å²) >= 11 is 0. The van der Waals surface area contributed by atoms with Crippen LogP contribution in [0.4, 0.5) is 0 Å². The van der Waals surface area contributed by atoms with Gasteiger partial charge in [-0.05, 0) is 25.8 Å². The molecule has 1 atom stereocenters. The van der Waals surface area contributed by atoms with Crippen LogP contribution in [-0.2, 0) is 9.53 Å². The van der Waals surface area contributed by atoms with Gasteiger partial charge in [0.05, 0.1) is 12.5 Å². The lowest BCUT2D eigenvalue weighted by atomic mass is 10.0. The monoisotopic (exact) mass is 199 g/mol. The number of piperidine rings is 1. The van der Waals surface area contributed by atoms with E-state index in [0.717, 1.165) is 13.0 Å². The molecule has 82 valence electrons. The number of carbonyl (C=O) groups excluding carboxylic acids is 1. The minimum Gasteiger partial charge on any atom is -0.465 e. The predicted molar refractivity (Wildman–Crippen MR) is 56.1 cm³/mol. The van der Waals surface area contributed by atoms with Crippen molar-refractivity contribution in [2.45, 2.75) is 45.6 Å². The molecule has 3 heteroatoms. The van der Waals surface area contributed by atoms with Crippen LogP contribution in [0.1, 0.15) is 39.5 Å². The molecule has 0 aromatic rings. The van der Waals surface area contributed by atoms with Crippen LogP contribution in [0.3, 0.4) is 0 Å². The number of nitrogens with one attached hydrogen (secondary N) is 1. The molecule has 1 fully saturated rings. The van der Waals surface area contributed by atoms with Crippen LogP contribution in [0.25, 0.3) is 0 Å². The van der Waals surface area contributed by atoms with E-state index in [4.69, 9.17) is 4.74 Å². The van der Waals surface area contributed by atoms with Crippen molar-refractivity contribution in [3.8, 4) is 0 Å². The van der Waals surface area contributed by atoms with Gasteiger partial charge in [-0.2, -0.15) is 0 Å². The molecule has 0 aliphatic carbocycles. The molecule has 1 rings (SSSR count). The molecule has 0 aromatic heterocycles. The highest BCUT2D eigenvalue weighted by molar-refractivity contribution is 5.71. The number of carbonyl (C=O) groups is 1. The van der Waals surface area contributed by atoms with E-state index in [-0.39, 0.29) is 11.9 Å². The molecular weight excluding hydrogens is 178 g/mol. The number of esters is 1. The standard InChI is InChI=1S/C11H21NO2/c1-9(2)11(13)14-8-6-10-5-3-4-7-12-10/h9-10,12H,3-8H2,1-2H3/t10-/m1/s1. The van der Waals surface area contributed by atoms with Crippen molar-refractivity contribution >= 4 is 5.97 Å². The Morgan fingerprint density at radius 1 is 1.50 bits per heavy atom. The Labute approximate surface area is 86.2 Å². The third-order valence-electron chi connectivity index (χ3n) is 2.59. The van der Waals surface area contributed by atoms with Crippen molar-refractivity contribution in [1.29, 1.82) is 0 Å². The van der Waals surface area contributed by atoms with Gasteiger partial charge in [-0.1, -0.05) is 20.3 Å². The first-order valence-electron chi connectivity index (χ1n) is 5.60. The quantitative estimate of drug-likeness (QED) is 0.701. The summed E-state index contributed by atoms with van der Waals surface area (Å²) in [5.74, 6) is -0.0878. The van der Waals surface area contributed by atoms with Crippen LogP contribution in [0.2, 0.25) is 0 Å². The molecule has 0 aromatic carbocycles. The first kappa shape index (κ1) is 11.5. The van der Waals surface area contributed by atoms with Crippen LogP contribution >= 0.6 is 0 Å². The molecule has 1 N–H and O–H groups in total. The van der Waals surface area contributed by atoms with Gasteiger partial charge in [0, 0.05) is 6.04 Å². The molecule has 1 aliphatic rings. The van der Waals surface area contributed by atoms with Crippen LogP contribution in [-0.4, -0.2) is 25.2 Å². The number of ether oxygens (including phenoxy) is 1. The summed E-state index contributed by atoms with van der Waals surface area (Å²) in [6.07, 6.45) is 4.76. The third kappa shape index (κ3) is 4.09. The molecule has 1 saturated heterocycles. The van der Waals surface area contributed by atoms with Crippen molar-refractivity contribution < 1.29 is 9.53 Å². The lowest BCUT2D eigenvalue weighted by Gasteiger charge is -2.23. The van der Waals surface area contributed by atoms with Crippen molar-refractivity contribution in [2.75, 3.05) is 13.2 Å². The Morgan fingerprint density at radius 2 is 2.29 bits per heavy atom. The highest BCUT2D eigenvalue weighted by Gasteiger charge is 2.13. The summed E-state index contributed by atoms with van der Waals surface area (Å²) in [5, 5.41) is 3.43. The average molecular weight is 199 g/mol. The lowest BCUT2D eigenvalue weighted by molar-refractivity contribution is -0.147. The van der Waals surface area contributed by atoms with E-state index in [1.165, 1.54) is 19.3 Å². The third-order valence-corrected chi connectivity index (χ3v) is 2.59. The van der Waals surface area contributed by atoms with Gasteiger partial charge < -0.3 is 10.1 Å². The molecule has 0 spiro atoms. The molecule has 1 aliphatic heterocycles. The van der Waals surface area contributed by atoms with Gasteiger partial charge in [0.2, 0.25) is 0 Å². The first-order valence-corrected chi connectivity index (χ1v) is 5.60. The van der Waals surface area contributed by atoms with Crippen LogP contribution in [0.5, 0.6) is 0 Å². The molecule has 0 saturated carbocycles. The smallest absolute Gasteiger partial charge is 0.308 e. The van der Waals surface area contributed by atoms with Crippen LogP contribution in [0, 0.1) is 5.92 Å². The molecule has 1 heterocycles. The predicted octanol–water partition coefficient (Wildman–Crippen LogP) is 1.72. The molecule has 0 unspecified atom stereocenters. The van der Waals surface area contributed by atoms with E-state index in [9.17, 15) is 4.79 Å². The van der Waals surface area contributed by atoms with E-state index in [1.54, 1.807) is 0 Å². The normalized spacial score (nSPS) is 22.4. The Kier molecular flexibility index (Phi) is 4.94. The second-order valence-corrected chi connectivity index (χ2v) is 4.26. The van der Waals surface area contributed by atoms with E-state index in [2.05, 4.69) is 5.32 Å². The van der Waals surface area contributed by atoms with Gasteiger partial charge in [-0.15, -0.1) is 0 Å². The number of hydrogen-bond donors (Lipinski definition) is 1. The van der Waals surface area contributed by atoms with Gasteiger partial charge in [-0.25, -0.2) is 0 Å². The van der Waals surface area contributed by atoms with E-state index in [1.807, 2.05) is 13.8 Å². The molecule has 3 nitrogen and oxygen atoms in total. The second kappa shape index (κ2) is 6.02. The van der Waals surface area contributed by atoms with Crippen molar-refractivity contribution in [2.24, 2.45) is 5.92 Å². The fraction of sp³-hybridized carbons (Fsp3) is 0.909. The van der Waals surface area contributed by atoms with Gasteiger partial charge in [0.25, 0.3) is 0 Å². The number of rotatable bonds is 4. The summed E-state index contributed by atoms with van der Waals surface area (Å²) in [6, 6.07) is 0.559. The summed E-state index contributed by atoms with van der Waals surface area (Å²) < 4.78 is 5.13. The largest absolute Gasteiger partial charge is 0.465 e. The zero-order chi connectivity index (χ0) is 10.4. The van der Waals surface area contributed by atoms with Crippen molar-refractivity contribution in [1.82, 2.24) is 5.32 Å². The lowest BCUT2D eigenvalue weighted by Crippen LogP contribution is -2.35. The topological polar surface area (TPSA) is 38.3 Å². The Hall–Kier alpha value is -0.570. The van der Waals surface area contributed by atoms with Gasteiger partial charge in [0.1, 0.15) is 0 Å². The first-order chi connectivity index (χ1) is 6.70.